The molecule has 5 heteroatoms. The van der Waals surface area contributed by atoms with Gasteiger partial charge in [0.15, 0.2) is 11.6 Å². The van der Waals surface area contributed by atoms with Crippen LogP contribution in [-0.4, -0.2) is 27.0 Å². The van der Waals surface area contributed by atoms with E-state index in [9.17, 15) is 0 Å². The van der Waals surface area contributed by atoms with Crippen LogP contribution in [0.1, 0.15) is 46.0 Å². The fourth-order valence-electron chi connectivity index (χ4n) is 2.86. The third kappa shape index (κ3) is 3.97. The normalized spacial score (nSPS) is 16.3. The van der Waals surface area contributed by atoms with Gasteiger partial charge in [-0.25, -0.2) is 9.97 Å². The standard InChI is InChI=1S/C18H25N5/c1-3-13(2)21-16-12-20-17(14-7-6-10-19-11-14)23-18(16)22-15-8-4-5-9-15/h6-7,10-13,15,21H,3-5,8-9H2,1-2H3,(H,20,22,23). The van der Waals surface area contributed by atoms with E-state index in [0.717, 1.165) is 23.5 Å². The number of hydrogen-bond donors (Lipinski definition) is 2. The topological polar surface area (TPSA) is 62.7 Å². The molecule has 2 aromatic heterocycles. The molecular formula is C18H25N5. The van der Waals surface area contributed by atoms with E-state index < -0.39 is 0 Å². The van der Waals surface area contributed by atoms with E-state index in [-0.39, 0.29) is 0 Å². The lowest BCUT2D eigenvalue weighted by Crippen LogP contribution is -2.20. The molecule has 5 nitrogen and oxygen atoms in total. The first-order valence-corrected chi connectivity index (χ1v) is 8.56. The first-order valence-electron chi connectivity index (χ1n) is 8.56. The zero-order chi connectivity index (χ0) is 16.1. The van der Waals surface area contributed by atoms with Crippen LogP contribution >= 0.6 is 0 Å². The van der Waals surface area contributed by atoms with Crippen LogP contribution < -0.4 is 10.6 Å². The minimum atomic E-state index is 0.395. The van der Waals surface area contributed by atoms with E-state index in [2.05, 4.69) is 34.4 Å². The van der Waals surface area contributed by atoms with Crippen LogP contribution in [0.3, 0.4) is 0 Å². The van der Waals surface area contributed by atoms with E-state index in [0.29, 0.717) is 17.9 Å². The molecule has 1 unspecified atom stereocenters. The molecule has 1 fully saturated rings. The number of nitrogens with one attached hydrogen (secondary N) is 2. The van der Waals surface area contributed by atoms with Gasteiger partial charge in [0.05, 0.1) is 11.9 Å². The fraction of sp³-hybridized carbons (Fsp3) is 0.500. The molecule has 0 bridgehead atoms. The lowest BCUT2D eigenvalue weighted by Gasteiger charge is -2.20. The van der Waals surface area contributed by atoms with E-state index in [1.807, 2.05) is 18.3 Å². The lowest BCUT2D eigenvalue weighted by atomic mass is 10.2. The van der Waals surface area contributed by atoms with Gasteiger partial charge in [0.25, 0.3) is 0 Å². The van der Waals surface area contributed by atoms with Crippen molar-refractivity contribution in [2.75, 3.05) is 10.6 Å². The van der Waals surface area contributed by atoms with Crippen LogP contribution in [0, 0.1) is 0 Å². The zero-order valence-electron chi connectivity index (χ0n) is 13.9. The van der Waals surface area contributed by atoms with Crippen LogP contribution in [0.15, 0.2) is 30.7 Å². The summed E-state index contributed by atoms with van der Waals surface area (Å²) in [5.41, 5.74) is 1.93. The zero-order valence-corrected chi connectivity index (χ0v) is 13.9. The molecule has 0 amide bonds. The van der Waals surface area contributed by atoms with Gasteiger partial charge in [0, 0.05) is 30.0 Å². The molecule has 1 atom stereocenters. The molecule has 0 aliphatic heterocycles. The Bertz CT molecular complexity index is 623. The molecule has 0 radical (unpaired) electrons. The lowest BCUT2D eigenvalue weighted by molar-refractivity contribution is 0.743. The third-order valence-corrected chi connectivity index (χ3v) is 4.42. The Morgan fingerprint density at radius 2 is 2.09 bits per heavy atom. The predicted octanol–water partition coefficient (Wildman–Crippen LogP) is 4.10. The maximum atomic E-state index is 4.77. The molecular weight excluding hydrogens is 286 g/mol. The Hall–Kier alpha value is -2.17. The van der Waals surface area contributed by atoms with Gasteiger partial charge in [-0.3, -0.25) is 4.98 Å². The van der Waals surface area contributed by atoms with Gasteiger partial charge in [0.1, 0.15) is 0 Å². The number of pyridine rings is 1. The van der Waals surface area contributed by atoms with Crippen LogP contribution in [0.2, 0.25) is 0 Å². The second kappa shape index (κ2) is 7.40. The summed E-state index contributed by atoms with van der Waals surface area (Å²) < 4.78 is 0. The quantitative estimate of drug-likeness (QED) is 0.841. The van der Waals surface area contributed by atoms with Crippen molar-refractivity contribution >= 4 is 11.5 Å². The molecule has 2 aromatic rings. The van der Waals surface area contributed by atoms with Crippen molar-refractivity contribution in [3.8, 4) is 11.4 Å². The molecule has 1 aliphatic rings. The van der Waals surface area contributed by atoms with E-state index in [1.54, 1.807) is 12.4 Å². The van der Waals surface area contributed by atoms with Crippen molar-refractivity contribution in [3.63, 3.8) is 0 Å². The highest BCUT2D eigenvalue weighted by atomic mass is 15.1. The number of rotatable bonds is 6. The molecule has 2 heterocycles. The van der Waals surface area contributed by atoms with Crippen molar-refractivity contribution < 1.29 is 0 Å². The molecule has 0 saturated heterocycles. The van der Waals surface area contributed by atoms with Crippen LogP contribution in [0.5, 0.6) is 0 Å². The minimum absolute atomic E-state index is 0.395. The van der Waals surface area contributed by atoms with Crippen molar-refractivity contribution in [2.45, 2.75) is 58.0 Å². The highest BCUT2D eigenvalue weighted by Crippen LogP contribution is 2.28. The van der Waals surface area contributed by atoms with Gasteiger partial charge in [-0.15, -0.1) is 0 Å². The summed E-state index contributed by atoms with van der Waals surface area (Å²) in [6.45, 7) is 4.35. The van der Waals surface area contributed by atoms with Crippen molar-refractivity contribution in [3.05, 3.63) is 30.7 Å². The summed E-state index contributed by atoms with van der Waals surface area (Å²) >= 11 is 0. The molecule has 0 spiro atoms. The van der Waals surface area contributed by atoms with Crippen molar-refractivity contribution in [1.82, 2.24) is 15.0 Å². The SMILES string of the molecule is CCC(C)Nc1cnc(-c2cccnc2)nc1NC1CCCC1. The molecule has 1 saturated carbocycles. The van der Waals surface area contributed by atoms with Gasteiger partial charge in [0.2, 0.25) is 0 Å². The number of nitrogens with zero attached hydrogens (tertiary/aromatic N) is 3. The molecule has 3 rings (SSSR count). The third-order valence-electron chi connectivity index (χ3n) is 4.42. The van der Waals surface area contributed by atoms with Crippen LogP contribution in [0.4, 0.5) is 11.5 Å². The highest BCUT2D eigenvalue weighted by molar-refractivity contribution is 5.68. The largest absolute Gasteiger partial charge is 0.378 e. The van der Waals surface area contributed by atoms with E-state index >= 15 is 0 Å². The molecule has 2 N–H and O–H groups in total. The highest BCUT2D eigenvalue weighted by Gasteiger charge is 2.18. The Kier molecular flexibility index (Phi) is 5.05. The Balaban J connectivity index is 1.89. The first-order chi connectivity index (χ1) is 11.3. The molecule has 122 valence electrons. The minimum Gasteiger partial charge on any atom is -0.378 e. The van der Waals surface area contributed by atoms with Gasteiger partial charge in [-0.05, 0) is 38.3 Å². The Labute approximate surface area is 138 Å². The van der Waals surface area contributed by atoms with E-state index in [4.69, 9.17) is 4.98 Å². The summed E-state index contributed by atoms with van der Waals surface area (Å²) in [5, 5.41) is 7.12. The molecule has 0 aromatic carbocycles. The Morgan fingerprint density at radius 3 is 2.78 bits per heavy atom. The molecule has 1 aliphatic carbocycles. The molecule has 23 heavy (non-hydrogen) atoms. The van der Waals surface area contributed by atoms with Crippen LogP contribution in [-0.2, 0) is 0 Å². The van der Waals surface area contributed by atoms with Crippen LogP contribution in [0.25, 0.3) is 11.4 Å². The maximum Gasteiger partial charge on any atom is 0.163 e. The Morgan fingerprint density at radius 1 is 1.26 bits per heavy atom. The van der Waals surface area contributed by atoms with Crippen molar-refractivity contribution in [1.29, 1.82) is 0 Å². The number of anilines is 2. The summed E-state index contributed by atoms with van der Waals surface area (Å²) in [6, 6.07) is 4.81. The average Bonchev–Trinajstić information content (AvgIpc) is 3.10. The second-order valence-corrected chi connectivity index (χ2v) is 6.28. The second-order valence-electron chi connectivity index (χ2n) is 6.28. The summed E-state index contributed by atoms with van der Waals surface area (Å²) in [4.78, 5) is 13.4. The van der Waals surface area contributed by atoms with Gasteiger partial charge < -0.3 is 10.6 Å². The first kappa shape index (κ1) is 15.7. The monoisotopic (exact) mass is 311 g/mol. The van der Waals surface area contributed by atoms with Gasteiger partial charge in [-0.2, -0.15) is 0 Å². The van der Waals surface area contributed by atoms with Gasteiger partial charge in [-0.1, -0.05) is 19.8 Å². The number of aromatic nitrogens is 3. The van der Waals surface area contributed by atoms with Crippen molar-refractivity contribution in [2.24, 2.45) is 0 Å². The smallest absolute Gasteiger partial charge is 0.163 e. The average molecular weight is 311 g/mol. The predicted molar refractivity (Wildman–Crippen MR) is 94.5 cm³/mol. The van der Waals surface area contributed by atoms with E-state index in [1.165, 1.54) is 25.7 Å². The maximum absolute atomic E-state index is 4.77. The fourth-order valence-corrected chi connectivity index (χ4v) is 2.86. The van der Waals surface area contributed by atoms with Gasteiger partial charge >= 0.3 is 0 Å². The summed E-state index contributed by atoms with van der Waals surface area (Å²) in [5.74, 6) is 1.62. The number of hydrogen-bond acceptors (Lipinski definition) is 5. The summed E-state index contributed by atoms with van der Waals surface area (Å²) in [6.07, 6.45) is 11.5. The summed E-state index contributed by atoms with van der Waals surface area (Å²) in [7, 11) is 0.